The number of hydrogen-bond acceptors (Lipinski definition) is 8. The summed E-state index contributed by atoms with van der Waals surface area (Å²) < 4.78 is 26.4. The first-order chi connectivity index (χ1) is 18.6. The molecule has 1 aromatic carbocycles. The Hall–Kier alpha value is -3.25. The van der Waals surface area contributed by atoms with Crippen molar-refractivity contribution in [3.63, 3.8) is 0 Å². The molecule has 0 heterocycles. The number of carbonyl (C=O) groups is 3. The molecule has 0 aromatic heterocycles. The van der Waals surface area contributed by atoms with Gasteiger partial charge in [0.15, 0.2) is 0 Å². The number of alkyl carbamates (subject to hydrolysis) is 1. The number of amides is 2. The maximum atomic E-state index is 12.2. The van der Waals surface area contributed by atoms with E-state index in [4.69, 9.17) is 24.1 Å². The zero-order valence-electron chi connectivity index (χ0n) is 21.3. The van der Waals surface area contributed by atoms with Gasteiger partial charge in [-0.05, 0) is 17.0 Å². The van der Waals surface area contributed by atoms with Crippen LogP contribution in [0.2, 0.25) is 0 Å². The molecule has 3 unspecified atom stereocenters. The van der Waals surface area contributed by atoms with Crippen LogP contribution in [0.4, 0.5) is 4.79 Å². The maximum Gasteiger partial charge on any atom is 0.407 e. The fraction of sp³-hybridized carbons (Fsp3) is 0.519. The van der Waals surface area contributed by atoms with Crippen LogP contribution in [0.1, 0.15) is 23.0 Å². The quantitative estimate of drug-likeness (QED) is 0.240. The summed E-state index contributed by atoms with van der Waals surface area (Å²) in [4.78, 5) is 33.8. The van der Waals surface area contributed by atoms with Crippen molar-refractivity contribution in [2.45, 2.75) is 11.8 Å². The van der Waals surface area contributed by atoms with Crippen LogP contribution in [0, 0.1) is 5.92 Å². The lowest BCUT2D eigenvalue weighted by Crippen LogP contribution is -2.31. The summed E-state index contributed by atoms with van der Waals surface area (Å²) in [5, 5.41) is 13.7. The van der Waals surface area contributed by atoms with Crippen LogP contribution >= 0.6 is 0 Å². The Kier molecular flexibility index (Phi) is 12.8. The Bertz CT molecular complexity index is 966. The molecule has 11 nitrogen and oxygen atoms in total. The Morgan fingerprint density at radius 1 is 0.763 bits per heavy atom. The highest BCUT2D eigenvalue weighted by molar-refractivity contribution is 5.77. The molecule has 1 aromatic rings. The molecule has 208 valence electrons. The van der Waals surface area contributed by atoms with Crippen molar-refractivity contribution in [1.82, 2.24) is 10.6 Å². The third kappa shape index (κ3) is 9.90. The van der Waals surface area contributed by atoms with Gasteiger partial charge in [-0.1, -0.05) is 48.6 Å². The number of carboxylic acid groups (broad SMARTS) is 1. The average molecular weight is 533 g/mol. The molecule has 11 heteroatoms. The predicted octanol–water partition coefficient (Wildman–Crippen LogP) is 1.60. The number of rotatable bonds is 18. The number of ether oxygens (including phenoxy) is 5. The van der Waals surface area contributed by atoms with Crippen LogP contribution in [0.25, 0.3) is 0 Å². The summed E-state index contributed by atoms with van der Waals surface area (Å²) >= 11 is 0. The minimum atomic E-state index is -1.13. The van der Waals surface area contributed by atoms with Crippen LogP contribution in [-0.4, -0.2) is 95.6 Å². The largest absolute Gasteiger partial charge is 0.480 e. The van der Waals surface area contributed by atoms with Crippen molar-refractivity contribution in [2.75, 3.05) is 72.6 Å². The summed E-state index contributed by atoms with van der Waals surface area (Å²) in [5.41, 5.74) is 2.55. The van der Waals surface area contributed by atoms with E-state index in [9.17, 15) is 14.4 Å². The molecule has 0 saturated heterocycles. The number of nitrogens with one attached hydrogen (secondary N) is 2. The van der Waals surface area contributed by atoms with E-state index >= 15 is 0 Å². The summed E-state index contributed by atoms with van der Waals surface area (Å²) in [5.74, 6) is -0.751. The van der Waals surface area contributed by atoms with E-state index < -0.39 is 24.6 Å². The van der Waals surface area contributed by atoms with Gasteiger partial charge in [0.2, 0.25) is 5.91 Å². The highest BCUT2D eigenvalue weighted by Crippen LogP contribution is 2.49. The molecule has 0 fully saturated rings. The van der Waals surface area contributed by atoms with E-state index in [-0.39, 0.29) is 19.1 Å². The van der Waals surface area contributed by atoms with Gasteiger partial charge in [-0.15, -0.1) is 0 Å². The molecular formula is C27H36N2O9. The normalized spacial score (nSPS) is 19.0. The van der Waals surface area contributed by atoms with Crippen LogP contribution in [0.5, 0.6) is 0 Å². The summed E-state index contributed by atoms with van der Waals surface area (Å²) in [6.45, 7) is 2.28. The van der Waals surface area contributed by atoms with Gasteiger partial charge >= 0.3 is 12.1 Å². The third-order valence-electron chi connectivity index (χ3n) is 6.08. The van der Waals surface area contributed by atoms with Gasteiger partial charge in [-0.3, -0.25) is 4.79 Å². The summed E-state index contributed by atoms with van der Waals surface area (Å²) in [6.07, 6.45) is 8.09. The molecule has 0 bridgehead atoms. The smallest absolute Gasteiger partial charge is 0.407 e. The second-order valence-corrected chi connectivity index (χ2v) is 8.71. The number of aliphatic carboxylic acids is 1. The zero-order valence-corrected chi connectivity index (χ0v) is 21.3. The molecule has 2 aliphatic carbocycles. The molecule has 2 amide bonds. The Balaban J connectivity index is 1.12. The van der Waals surface area contributed by atoms with Gasteiger partial charge in [0.05, 0.1) is 39.6 Å². The first-order valence-corrected chi connectivity index (χ1v) is 12.7. The second-order valence-electron chi connectivity index (χ2n) is 8.71. The number of allylic oxidation sites excluding steroid dienone is 4. The number of carbonyl (C=O) groups excluding carboxylic acids is 2. The van der Waals surface area contributed by atoms with Gasteiger partial charge in [-0.25, -0.2) is 9.59 Å². The van der Waals surface area contributed by atoms with Gasteiger partial charge in [0.1, 0.15) is 19.8 Å². The molecule has 3 N–H and O–H groups in total. The minimum absolute atomic E-state index is 0.143. The van der Waals surface area contributed by atoms with E-state index in [0.717, 1.165) is 0 Å². The Morgan fingerprint density at radius 2 is 1.39 bits per heavy atom. The van der Waals surface area contributed by atoms with Gasteiger partial charge < -0.3 is 39.4 Å². The van der Waals surface area contributed by atoms with Crippen LogP contribution in [0.15, 0.2) is 48.6 Å². The first-order valence-electron chi connectivity index (χ1n) is 12.7. The molecular weight excluding hydrogens is 496 g/mol. The number of benzene rings is 1. The lowest BCUT2D eigenvalue weighted by molar-refractivity contribution is -0.143. The van der Waals surface area contributed by atoms with Crippen molar-refractivity contribution in [3.8, 4) is 0 Å². The van der Waals surface area contributed by atoms with Crippen LogP contribution in [-0.2, 0) is 33.3 Å². The second kappa shape index (κ2) is 16.6. The monoisotopic (exact) mass is 532 g/mol. The molecule has 38 heavy (non-hydrogen) atoms. The first kappa shape index (κ1) is 29.3. The van der Waals surface area contributed by atoms with E-state index in [1.165, 1.54) is 11.1 Å². The average Bonchev–Trinajstić information content (AvgIpc) is 3.23. The summed E-state index contributed by atoms with van der Waals surface area (Å²) in [6, 6.07) is 8.35. The Morgan fingerprint density at radius 3 is 2.11 bits per heavy atom. The van der Waals surface area contributed by atoms with Crippen molar-refractivity contribution in [2.24, 2.45) is 5.92 Å². The number of fused-ring (bicyclic) bond motifs is 3. The highest BCUT2D eigenvalue weighted by Gasteiger charge is 2.39. The van der Waals surface area contributed by atoms with Crippen molar-refractivity contribution < 1.29 is 43.2 Å². The SMILES string of the molecule is O=C(O)COCC(=O)NCCOCCOCCOCCNC(=O)OCC1c2ccccc2C2C=CC=CC21. The van der Waals surface area contributed by atoms with E-state index in [1.807, 2.05) is 6.07 Å². The molecule has 0 radical (unpaired) electrons. The van der Waals surface area contributed by atoms with Crippen molar-refractivity contribution in [3.05, 3.63) is 59.7 Å². The summed E-state index contributed by atoms with van der Waals surface area (Å²) in [7, 11) is 0. The molecule has 3 rings (SSSR count). The lowest BCUT2D eigenvalue weighted by atomic mass is 9.84. The fourth-order valence-electron chi connectivity index (χ4n) is 4.41. The number of hydrogen-bond donors (Lipinski definition) is 3. The topological polar surface area (TPSA) is 142 Å². The lowest BCUT2D eigenvalue weighted by Gasteiger charge is -2.22. The highest BCUT2D eigenvalue weighted by atomic mass is 16.6. The third-order valence-corrected chi connectivity index (χ3v) is 6.08. The molecule has 2 aliphatic rings. The zero-order chi connectivity index (χ0) is 27.0. The van der Waals surface area contributed by atoms with E-state index in [1.54, 1.807) is 0 Å². The predicted molar refractivity (Wildman–Crippen MR) is 137 cm³/mol. The van der Waals surface area contributed by atoms with Crippen LogP contribution < -0.4 is 10.6 Å². The van der Waals surface area contributed by atoms with Crippen LogP contribution in [0.3, 0.4) is 0 Å². The maximum absolute atomic E-state index is 12.2. The minimum Gasteiger partial charge on any atom is -0.480 e. The Labute approximate surface area is 222 Å². The van der Waals surface area contributed by atoms with Gasteiger partial charge in [-0.2, -0.15) is 0 Å². The number of carboxylic acids is 1. The standard InChI is InChI=1S/C27H36N2O9/c30-25(18-37-19-26(31)32)28-9-11-34-13-15-36-16-14-35-12-10-29-27(33)38-17-24-22-7-3-1-5-20(22)21-6-2-4-8-23(21)24/h1-8,20,22,24H,9-19H2,(H,28,30)(H,29,33)(H,31,32). The molecule has 0 spiro atoms. The molecule has 0 aliphatic heterocycles. The van der Waals surface area contributed by atoms with Crippen molar-refractivity contribution in [1.29, 1.82) is 0 Å². The van der Waals surface area contributed by atoms with E-state index in [2.05, 4.69) is 57.9 Å². The molecule has 0 saturated carbocycles. The van der Waals surface area contributed by atoms with Gasteiger partial charge in [0, 0.05) is 24.9 Å². The van der Waals surface area contributed by atoms with E-state index in [0.29, 0.717) is 64.6 Å². The van der Waals surface area contributed by atoms with Gasteiger partial charge in [0.25, 0.3) is 0 Å². The van der Waals surface area contributed by atoms with Crippen molar-refractivity contribution >= 4 is 18.0 Å². The molecule has 3 atom stereocenters. The fourth-order valence-corrected chi connectivity index (χ4v) is 4.41.